The zero-order chi connectivity index (χ0) is 18.7. The number of aromatic nitrogens is 1. The maximum atomic E-state index is 13.2. The molecular weight excluding hydrogens is 353 g/mol. The van der Waals surface area contributed by atoms with Crippen molar-refractivity contribution in [2.24, 2.45) is 0 Å². The van der Waals surface area contributed by atoms with Gasteiger partial charge < -0.3 is 5.32 Å². The van der Waals surface area contributed by atoms with Crippen molar-refractivity contribution < 1.29 is 12.8 Å². The third-order valence-corrected chi connectivity index (χ3v) is 5.31. The number of pyridine rings is 1. The van der Waals surface area contributed by atoms with Gasteiger partial charge in [-0.15, -0.1) is 0 Å². The SMILES string of the molecule is Cc1ccc(Nc2ccc(NS(=O)(=O)c3ccc(F)cc3C)cn2)cc1. The molecule has 0 spiro atoms. The first kappa shape index (κ1) is 17.9. The molecule has 3 rings (SSSR count). The van der Waals surface area contributed by atoms with Crippen molar-refractivity contribution in [3.63, 3.8) is 0 Å². The number of benzene rings is 2. The minimum Gasteiger partial charge on any atom is -0.340 e. The summed E-state index contributed by atoms with van der Waals surface area (Å²) in [7, 11) is -3.81. The van der Waals surface area contributed by atoms with Gasteiger partial charge in [-0.25, -0.2) is 17.8 Å². The summed E-state index contributed by atoms with van der Waals surface area (Å²) >= 11 is 0. The molecule has 0 atom stereocenters. The number of rotatable bonds is 5. The van der Waals surface area contributed by atoms with Crippen molar-refractivity contribution in [1.29, 1.82) is 0 Å². The highest BCUT2D eigenvalue weighted by Crippen LogP contribution is 2.21. The van der Waals surface area contributed by atoms with Gasteiger partial charge in [0.25, 0.3) is 10.0 Å². The summed E-state index contributed by atoms with van der Waals surface area (Å²) in [5.41, 5.74) is 2.70. The average molecular weight is 371 g/mol. The molecule has 0 radical (unpaired) electrons. The van der Waals surface area contributed by atoms with Crippen LogP contribution in [0.2, 0.25) is 0 Å². The summed E-state index contributed by atoms with van der Waals surface area (Å²) in [4.78, 5) is 4.24. The summed E-state index contributed by atoms with van der Waals surface area (Å²) in [5.74, 6) is 0.115. The average Bonchev–Trinajstić information content (AvgIpc) is 2.58. The Morgan fingerprint density at radius 3 is 2.23 bits per heavy atom. The van der Waals surface area contributed by atoms with Gasteiger partial charge in [0, 0.05) is 5.69 Å². The van der Waals surface area contributed by atoms with Crippen LogP contribution < -0.4 is 10.0 Å². The Labute approximate surface area is 152 Å². The number of hydrogen-bond acceptors (Lipinski definition) is 4. The fourth-order valence-electron chi connectivity index (χ4n) is 2.44. The van der Waals surface area contributed by atoms with Crippen LogP contribution in [0.25, 0.3) is 0 Å². The second-order valence-electron chi connectivity index (χ2n) is 5.94. The van der Waals surface area contributed by atoms with E-state index in [1.807, 2.05) is 31.2 Å². The molecule has 5 nitrogen and oxygen atoms in total. The molecule has 0 aliphatic rings. The lowest BCUT2D eigenvalue weighted by atomic mass is 10.2. The molecule has 0 bridgehead atoms. The highest BCUT2D eigenvalue weighted by molar-refractivity contribution is 7.92. The van der Waals surface area contributed by atoms with Crippen LogP contribution in [0.1, 0.15) is 11.1 Å². The molecule has 0 aliphatic carbocycles. The van der Waals surface area contributed by atoms with Gasteiger partial charge in [0.05, 0.1) is 16.8 Å². The Bertz CT molecular complexity index is 1020. The second kappa shape index (κ2) is 7.13. The number of hydrogen-bond donors (Lipinski definition) is 2. The van der Waals surface area contributed by atoms with E-state index >= 15 is 0 Å². The van der Waals surface area contributed by atoms with Crippen LogP contribution in [0.5, 0.6) is 0 Å². The smallest absolute Gasteiger partial charge is 0.262 e. The number of anilines is 3. The van der Waals surface area contributed by atoms with Crippen molar-refractivity contribution in [2.45, 2.75) is 18.7 Å². The van der Waals surface area contributed by atoms with E-state index in [1.54, 1.807) is 19.1 Å². The van der Waals surface area contributed by atoms with Crippen LogP contribution in [0, 0.1) is 19.7 Å². The molecule has 3 aromatic rings. The summed E-state index contributed by atoms with van der Waals surface area (Å²) in [6.07, 6.45) is 1.42. The molecule has 0 aliphatic heterocycles. The van der Waals surface area contributed by atoms with E-state index in [0.717, 1.165) is 17.3 Å². The first-order valence-electron chi connectivity index (χ1n) is 7.92. The van der Waals surface area contributed by atoms with E-state index in [1.165, 1.54) is 18.3 Å². The number of nitrogens with zero attached hydrogens (tertiary/aromatic N) is 1. The van der Waals surface area contributed by atoms with Gasteiger partial charge in [0.2, 0.25) is 0 Å². The fourth-order valence-corrected chi connectivity index (χ4v) is 3.71. The minimum absolute atomic E-state index is 0.0285. The Morgan fingerprint density at radius 1 is 0.923 bits per heavy atom. The summed E-state index contributed by atoms with van der Waals surface area (Å²) in [6, 6.07) is 14.7. The van der Waals surface area contributed by atoms with Crippen LogP contribution in [0.3, 0.4) is 0 Å². The van der Waals surface area contributed by atoms with Crippen molar-refractivity contribution in [3.05, 3.63) is 77.7 Å². The molecule has 0 unspecified atom stereocenters. The van der Waals surface area contributed by atoms with Crippen LogP contribution >= 0.6 is 0 Å². The largest absolute Gasteiger partial charge is 0.340 e. The second-order valence-corrected chi connectivity index (χ2v) is 7.59. The van der Waals surface area contributed by atoms with Gasteiger partial charge in [-0.1, -0.05) is 17.7 Å². The lowest BCUT2D eigenvalue weighted by Crippen LogP contribution is -2.14. The van der Waals surface area contributed by atoms with E-state index in [-0.39, 0.29) is 4.90 Å². The van der Waals surface area contributed by atoms with Gasteiger partial charge in [0.15, 0.2) is 0 Å². The van der Waals surface area contributed by atoms with Crippen molar-refractivity contribution in [1.82, 2.24) is 4.98 Å². The van der Waals surface area contributed by atoms with Crippen LogP contribution in [0.4, 0.5) is 21.6 Å². The number of sulfonamides is 1. The molecule has 7 heteroatoms. The number of halogens is 1. The quantitative estimate of drug-likeness (QED) is 0.698. The Hall–Kier alpha value is -2.93. The molecule has 0 saturated carbocycles. The Kier molecular flexibility index (Phi) is 4.90. The molecule has 0 amide bonds. The van der Waals surface area contributed by atoms with E-state index in [0.29, 0.717) is 17.1 Å². The third-order valence-electron chi connectivity index (χ3n) is 3.77. The molecule has 0 fully saturated rings. The summed E-state index contributed by atoms with van der Waals surface area (Å²) < 4.78 is 40.6. The van der Waals surface area contributed by atoms with Gasteiger partial charge in [-0.05, 0) is 61.9 Å². The topological polar surface area (TPSA) is 71.1 Å². The van der Waals surface area contributed by atoms with E-state index in [4.69, 9.17) is 0 Å². The lowest BCUT2D eigenvalue weighted by Gasteiger charge is -2.11. The number of nitrogens with one attached hydrogen (secondary N) is 2. The zero-order valence-electron chi connectivity index (χ0n) is 14.3. The van der Waals surface area contributed by atoms with Gasteiger partial charge in [-0.3, -0.25) is 4.72 Å². The molecule has 2 N–H and O–H groups in total. The fraction of sp³-hybridized carbons (Fsp3) is 0.105. The Balaban J connectivity index is 1.75. The van der Waals surface area contributed by atoms with Gasteiger partial charge in [-0.2, -0.15) is 0 Å². The molecule has 1 aromatic heterocycles. The summed E-state index contributed by atoms with van der Waals surface area (Å²) in [6.45, 7) is 3.55. The molecular formula is C19H18FN3O2S. The monoisotopic (exact) mass is 371 g/mol. The highest BCUT2D eigenvalue weighted by Gasteiger charge is 2.17. The van der Waals surface area contributed by atoms with Crippen LogP contribution in [0.15, 0.2) is 65.7 Å². The molecule has 26 heavy (non-hydrogen) atoms. The van der Waals surface area contributed by atoms with Crippen molar-refractivity contribution in [3.8, 4) is 0 Å². The van der Waals surface area contributed by atoms with Gasteiger partial charge >= 0.3 is 0 Å². The highest BCUT2D eigenvalue weighted by atomic mass is 32.2. The predicted octanol–water partition coefficient (Wildman–Crippen LogP) is 4.38. The first-order chi connectivity index (χ1) is 12.3. The maximum absolute atomic E-state index is 13.2. The van der Waals surface area contributed by atoms with E-state index in [9.17, 15) is 12.8 Å². The number of aryl methyl sites for hydroxylation is 2. The first-order valence-corrected chi connectivity index (χ1v) is 9.40. The molecule has 1 heterocycles. The zero-order valence-corrected chi connectivity index (χ0v) is 15.1. The standard InChI is InChI=1S/C19H18FN3O2S/c1-13-3-6-16(7-4-13)22-19-10-8-17(12-21-19)23-26(24,25)18-9-5-15(20)11-14(18)2/h3-12,23H,1-2H3,(H,21,22). The molecule has 0 saturated heterocycles. The van der Waals surface area contributed by atoms with Crippen LogP contribution in [-0.2, 0) is 10.0 Å². The van der Waals surface area contributed by atoms with Gasteiger partial charge in [0.1, 0.15) is 11.6 Å². The minimum atomic E-state index is -3.81. The van der Waals surface area contributed by atoms with Crippen molar-refractivity contribution in [2.75, 3.05) is 10.0 Å². The lowest BCUT2D eigenvalue weighted by molar-refractivity contribution is 0.598. The maximum Gasteiger partial charge on any atom is 0.262 e. The molecule has 2 aromatic carbocycles. The normalized spacial score (nSPS) is 11.2. The Morgan fingerprint density at radius 2 is 1.62 bits per heavy atom. The van der Waals surface area contributed by atoms with E-state index < -0.39 is 15.8 Å². The van der Waals surface area contributed by atoms with E-state index in [2.05, 4.69) is 15.0 Å². The summed E-state index contributed by atoms with van der Waals surface area (Å²) in [5, 5.41) is 3.14. The predicted molar refractivity (Wildman–Crippen MR) is 101 cm³/mol. The van der Waals surface area contributed by atoms with Crippen LogP contribution in [-0.4, -0.2) is 13.4 Å². The van der Waals surface area contributed by atoms with Crippen molar-refractivity contribution >= 4 is 27.2 Å². The third kappa shape index (κ3) is 4.18. The molecule has 134 valence electrons.